The highest BCUT2D eigenvalue weighted by Crippen LogP contribution is 2.33. The second kappa shape index (κ2) is 4.77. The van der Waals surface area contributed by atoms with Crippen LogP contribution < -0.4 is 0 Å². The molecule has 2 aromatic rings. The summed E-state index contributed by atoms with van der Waals surface area (Å²) in [6, 6.07) is 9.67. The van der Waals surface area contributed by atoms with Gasteiger partial charge in [0.2, 0.25) is 0 Å². The molecule has 0 unspecified atom stereocenters. The second-order valence-corrected chi connectivity index (χ2v) is 5.87. The van der Waals surface area contributed by atoms with Gasteiger partial charge in [0.15, 0.2) is 0 Å². The van der Waals surface area contributed by atoms with Gasteiger partial charge in [0.1, 0.15) is 0 Å². The van der Waals surface area contributed by atoms with E-state index < -0.39 is 0 Å². The fourth-order valence-corrected chi connectivity index (χ4v) is 3.17. The molecular formula is C16H22N2. The molecule has 1 N–H and O–H groups in total. The summed E-state index contributed by atoms with van der Waals surface area (Å²) in [6.45, 7) is 7.10. The van der Waals surface area contributed by atoms with Gasteiger partial charge in [-0.25, -0.2) is 0 Å². The van der Waals surface area contributed by atoms with Crippen LogP contribution in [0.2, 0.25) is 0 Å². The van der Waals surface area contributed by atoms with Crippen LogP contribution >= 0.6 is 0 Å². The van der Waals surface area contributed by atoms with E-state index >= 15 is 0 Å². The molecule has 18 heavy (non-hydrogen) atoms. The minimum Gasteiger partial charge on any atom is -0.361 e. The van der Waals surface area contributed by atoms with E-state index in [1.807, 2.05) is 6.20 Å². The van der Waals surface area contributed by atoms with Gasteiger partial charge in [-0.1, -0.05) is 19.9 Å². The average Bonchev–Trinajstić information content (AvgIpc) is 2.95. The minimum atomic E-state index is 0.631. The first-order chi connectivity index (χ1) is 8.74. The molecule has 1 fully saturated rings. The Morgan fingerprint density at radius 2 is 2.22 bits per heavy atom. The van der Waals surface area contributed by atoms with Crippen molar-refractivity contribution in [3.05, 3.63) is 36.0 Å². The number of benzene rings is 1. The van der Waals surface area contributed by atoms with Gasteiger partial charge in [-0.2, -0.15) is 0 Å². The number of rotatable bonds is 3. The number of aromatic nitrogens is 1. The number of hydrogen-bond acceptors (Lipinski definition) is 1. The summed E-state index contributed by atoms with van der Waals surface area (Å²) in [7, 11) is 0. The maximum Gasteiger partial charge on any atom is 0.0454 e. The van der Waals surface area contributed by atoms with E-state index in [0.29, 0.717) is 6.04 Å². The highest BCUT2D eigenvalue weighted by atomic mass is 15.2. The van der Waals surface area contributed by atoms with E-state index in [2.05, 4.69) is 48.0 Å². The first-order valence-electron chi connectivity index (χ1n) is 7.05. The predicted molar refractivity (Wildman–Crippen MR) is 76.7 cm³/mol. The lowest BCUT2D eigenvalue weighted by molar-refractivity contribution is 0.229. The van der Waals surface area contributed by atoms with Crippen LogP contribution in [-0.2, 0) is 0 Å². The van der Waals surface area contributed by atoms with Gasteiger partial charge in [-0.15, -0.1) is 0 Å². The van der Waals surface area contributed by atoms with Gasteiger partial charge < -0.3 is 4.98 Å². The molecule has 3 rings (SSSR count). The van der Waals surface area contributed by atoms with Crippen LogP contribution in [0.25, 0.3) is 10.9 Å². The van der Waals surface area contributed by atoms with Gasteiger partial charge in [0, 0.05) is 24.3 Å². The van der Waals surface area contributed by atoms with Crippen molar-refractivity contribution >= 4 is 10.9 Å². The summed E-state index contributed by atoms with van der Waals surface area (Å²) in [5.41, 5.74) is 2.73. The summed E-state index contributed by atoms with van der Waals surface area (Å²) >= 11 is 0. The van der Waals surface area contributed by atoms with Gasteiger partial charge in [-0.05, 0) is 54.5 Å². The molecule has 1 aromatic carbocycles. The molecule has 0 spiro atoms. The van der Waals surface area contributed by atoms with Crippen LogP contribution in [-0.4, -0.2) is 23.0 Å². The smallest absolute Gasteiger partial charge is 0.0454 e. The summed E-state index contributed by atoms with van der Waals surface area (Å²) in [5.74, 6) is 0.751. The van der Waals surface area contributed by atoms with E-state index in [-0.39, 0.29) is 0 Å². The zero-order valence-corrected chi connectivity index (χ0v) is 11.3. The maximum absolute atomic E-state index is 3.27. The monoisotopic (exact) mass is 242 g/mol. The number of likely N-dealkylation sites (tertiary alicyclic amines) is 1. The van der Waals surface area contributed by atoms with Crippen LogP contribution in [0.4, 0.5) is 0 Å². The Labute approximate surface area is 109 Å². The highest BCUT2D eigenvalue weighted by molar-refractivity contribution is 5.80. The molecule has 2 heteroatoms. The largest absolute Gasteiger partial charge is 0.361 e. The summed E-state index contributed by atoms with van der Waals surface area (Å²) in [6.07, 6.45) is 4.67. The third kappa shape index (κ3) is 2.17. The topological polar surface area (TPSA) is 19.0 Å². The average molecular weight is 242 g/mol. The van der Waals surface area contributed by atoms with Crippen molar-refractivity contribution < 1.29 is 0 Å². The SMILES string of the molecule is CC(C)CN1CCC[C@H]1c1ccc2[nH]ccc2c1. The number of nitrogens with one attached hydrogen (secondary N) is 1. The Balaban J connectivity index is 1.87. The Bertz CT molecular complexity index is 527. The van der Waals surface area contributed by atoms with Crippen LogP contribution in [0.3, 0.4) is 0 Å². The molecule has 0 saturated carbocycles. The normalized spacial score (nSPS) is 21.2. The number of H-pyrrole nitrogens is 1. The molecule has 0 amide bonds. The molecule has 0 aliphatic carbocycles. The molecular weight excluding hydrogens is 220 g/mol. The van der Waals surface area contributed by atoms with Crippen LogP contribution in [0.1, 0.15) is 38.3 Å². The molecule has 1 saturated heterocycles. The number of hydrogen-bond donors (Lipinski definition) is 1. The van der Waals surface area contributed by atoms with Crippen molar-refractivity contribution in [1.29, 1.82) is 0 Å². The van der Waals surface area contributed by atoms with Crippen molar-refractivity contribution in [2.24, 2.45) is 5.92 Å². The molecule has 1 atom stereocenters. The fraction of sp³-hybridized carbons (Fsp3) is 0.500. The summed E-state index contributed by atoms with van der Waals surface area (Å²) in [5, 5.41) is 1.34. The lowest BCUT2D eigenvalue weighted by atomic mass is 10.0. The van der Waals surface area contributed by atoms with Crippen LogP contribution in [0, 0.1) is 5.92 Å². The Morgan fingerprint density at radius 3 is 3.06 bits per heavy atom. The van der Waals surface area contributed by atoms with Gasteiger partial charge in [0.25, 0.3) is 0 Å². The Kier molecular flexibility index (Phi) is 3.13. The lowest BCUT2D eigenvalue weighted by Gasteiger charge is -2.26. The highest BCUT2D eigenvalue weighted by Gasteiger charge is 2.26. The standard InChI is InChI=1S/C16H22N2/c1-12(2)11-18-9-3-4-16(18)14-5-6-15-13(10-14)7-8-17-15/h5-8,10,12,16-17H,3-4,9,11H2,1-2H3/t16-/m0/s1. The van der Waals surface area contributed by atoms with Crippen molar-refractivity contribution in [3.8, 4) is 0 Å². The number of nitrogens with zero attached hydrogens (tertiary/aromatic N) is 1. The molecule has 2 heterocycles. The first-order valence-corrected chi connectivity index (χ1v) is 7.05. The van der Waals surface area contributed by atoms with E-state index in [0.717, 1.165) is 5.92 Å². The van der Waals surface area contributed by atoms with Crippen LogP contribution in [0.15, 0.2) is 30.5 Å². The minimum absolute atomic E-state index is 0.631. The molecule has 0 bridgehead atoms. The Hall–Kier alpha value is -1.28. The number of fused-ring (bicyclic) bond motifs is 1. The molecule has 96 valence electrons. The zero-order valence-electron chi connectivity index (χ0n) is 11.3. The molecule has 0 radical (unpaired) electrons. The quantitative estimate of drug-likeness (QED) is 0.863. The first kappa shape index (κ1) is 11.8. The van der Waals surface area contributed by atoms with Crippen molar-refractivity contribution in [2.45, 2.75) is 32.7 Å². The Morgan fingerprint density at radius 1 is 1.33 bits per heavy atom. The van der Waals surface area contributed by atoms with Crippen molar-refractivity contribution in [3.63, 3.8) is 0 Å². The van der Waals surface area contributed by atoms with Crippen molar-refractivity contribution in [2.75, 3.05) is 13.1 Å². The van der Waals surface area contributed by atoms with Crippen molar-refractivity contribution in [1.82, 2.24) is 9.88 Å². The molecule has 1 aliphatic rings. The molecule has 1 aromatic heterocycles. The maximum atomic E-state index is 3.27. The predicted octanol–water partition coefficient (Wildman–Crippen LogP) is 3.96. The van der Waals surface area contributed by atoms with E-state index in [9.17, 15) is 0 Å². The molecule has 1 aliphatic heterocycles. The summed E-state index contributed by atoms with van der Waals surface area (Å²) in [4.78, 5) is 5.92. The number of aromatic amines is 1. The van der Waals surface area contributed by atoms with Gasteiger partial charge in [0.05, 0.1) is 0 Å². The van der Waals surface area contributed by atoms with Gasteiger partial charge >= 0.3 is 0 Å². The van der Waals surface area contributed by atoms with E-state index in [4.69, 9.17) is 0 Å². The molecule has 2 nitrogen and oxygen atoms in total. The third-order valence-corrected chi connectivity index (χ3v) is 3.93. The lowest BCUT2D eigenvalue weighted by Crippen LogP contribution is -2.27. The second-order valence-electron chi connectivity index (χ2n) is 5.87. The van der Waals surface area contributed by atoms with Gasteiger partial charge in [-0.3, -0.25) is 4.90 Å². The third-order valence-electron chi connectivity index (χ3n) is 3.93. The van der Waals surface area contributed by atoms with E-state index in [1.54, 1.807) is 0 Å². The zero-order chi connectivity index (χ0) is 12.5. The van der Waals surface area contributed by atoms with E-state index in [1.165, 1.54) is 42.4 Å². The fourth-order valence-electron chi connectivity index (χ4n) is 3.17. The van der Waals surface area contributed by atoms with Crippen LogP contribution in [0.5, 0.6) is 0 Å². The summed E-state index contributed by atoms with van der Waals surface area (Å²) < 4.78 is 0.